The van der Waals surface area contributed by atoms with Gasteiger partial charge in [-0.1, -0.05) is 15.0 Å². The van der Waals surface area contributed by atoms with Crippen LogP contribution in [-0.4, -0.2) is 54.3 Å². The second kappa shape index (κ2) is 1.71. The van der Waals surface area contributed by atoms with E-state index in [9.17, 15) is 0 Å². The Morgan fingerprint density at radius 1 is 0.600 bits per heavy atom. The second-order valence-corrected chi connectivity index (χ2v) is 3.13. The van der Waals surface area contributed by atoms with E-state index < -0.39 is 0 Å². The first-order valence-corrected chi connectivity index (χ1v) is 4.00. The molecule has 0 amide bonds. The lowest BCUT2D eigenvalue weighted by Crippen LogP contribution is -2.45. The molecule has 0 aromatic carbocycles. The van der Waals surface area contributed by atoms with Gasteiger partial charge in [-0.05, 0) is 0 Å². The van der Waals surface area contributed by atoms with Gasteiger partial charge < -0.3 is 0 Å². The molecule has 0 aromatic heterocycles. The lowest BCUT2D eigenvalue weighted by atomic mass is 11.0. The summed E-state index contributed by atoms with van der Waals surface area (Å²) < 4.78 is 0. The summed E-state index contributed by atoms with van der Waals surface area (Å²) in [6, 6.07) is 0. The number of nitrogens with zero attached hydrogens (tertiary/aromatic N) is 4. The van der Waals surface area contributed by atoms with Crippen LogP contribution in [0.5, 0.6) is 0 Å². The van der Waals surface area contributed by atoms with E-state index in [0.717, 1.165) is 0 Å². The van der Waals surface area contributed by atoms with Crippen molar-refractivity contribution in [3.8, 4) is 0 Å². The molecule has 0 spiro atoms. The molecule has 3 saturated heterocycles. The maximum atomic E-state index is 2.38. The molecule has 0 atom stereocenters. The molecule has 55 valence electrons. The molecule has 4 nitrogen and oxygen atoms in total. The number of rotatable bonds is 3. The highest BCUT2D eigenvalue weighted by atomic mass is 16.1. The predicted molar refractivity (Wildman–Crippen MR) is 36.9 cm³/mol. The van der Waals surface area contributed by atoms with Gasteiger partial charge in [0, 0.05) is 0 Å². The lowest BCUT2D eigenvalue weighted by molar-refractivity contribution is -0.0549. The van der Waals surface area contributed by atoms with E-state index in [0.29, 0.717) is 0 Å². The molecule has 0 unspecified atom stereocenters. The Morgan fingerprint density at radius 2 is 0.900 bits per heavy atom. The molecule has 0 N–H and O–H groups in total. The van der Waals surface area contributed by atoms with Gasteiger partial charge >= 0.3 is 0 Å². The van der Waals surface area contributed by atoms with E-state index >= 15 is 0 Å². The van der Waals surface area contributed by atoms with Crippen LogP contribution in [-0.2, 0) is 0 Å². The summed E-state index contributed by atoms with van der Waals surface area (Å²) in [5, 5.41) is 9.46. The highest BCUT2D eigenvalue weighted by Crippen LogP contribution is 2.22. The predicted octanol–water partition coefficient (Wildman–Crippen LogP) is -1.18. The maximum absolute atomic E-state index is 2.38. The quantitative estimate of drug-likeness (QED) is 0.362. The highest BCUT2D eigenvalue weighted by Gasteiger charge is 2.55. The third-order valence-corrected chi connectivity index (χ3v) is 2.03. The number of hydrazine groups is 3. The fourth-order valence-electron chi connectivity index (χ4n) is 1.21. The van der Waals surface area contributed by atoms with Crippen LogP contribution in [0.3, 0.4) is 0 Å². The van der Waals surface area contributed by atoms with Crippen LogP contribution < -0.4 is 5.23 Å². The first kappa shape index (κ1) is 5.49. The van der Waals surface area contributed by atoms with Crippen LogP contribution in [0.2, 0.25) is 0 Å². The molecule has 1 radical (unpaired) electrons. The summed E-state index contributed by atoms with van der Waals surface area (Å²) >= 11 is 0. The maximum Gasteiger partial charge on any atom is 0.111 e. The summed E-state index contributed by atoms with van der Waals surface area (Å²) in [6.45, 7) is 7.54. The van der Waals surface area contributed by atoms with Gasteiger partial charge in [0.2, 0.25) is 0 Å². The molecule has 3 rings (SSSR count). The van der Waals surface area contributed by atoms with Gasteiger partial charge in [0.05, 0.1) is 39.3 Å². The molecule has 0 aromatic rings. The van der Waals surface area contributed by atoms with E-state index in [1.807, 2.05) is 0 Å². The third-order valence-electron chi connectivity index (χ3n) is 2.03. The Kier molecular flexibility index (Phi) is 0.936. The van der Waals surface area contributed by atoms with Gasteiger partial charge in [-0.15, -0.1) is 0 Å². The zero-order valence-corrected chi connectivity index (χ0v) is 6.03. The minimum atomic E-state index is 1.26. The Hall–Kier alpha value is -0.160. The molecule has 0 bridgehead atoms. The van der Waals surface area contributed by atoms with Crippen molar-refractivity contribution in [3.05, 3.63) is 0 Å². The Balaban J connectivity index is 1.69. The van der Waals surface area contributed by atoms with Crippen LogP contribution in [0.25, 0.3) is 0 Å². The summed E-state index contributed by atoms with van der Waals surface area (Å²) in [4.78, 5) is 0. The fraction of sp³-hybridized carbons (Fsp3) is 1.00. The smallest absolute Gasteiger partial charge is 0.0582 e. The molecule has 3 aliphatic rings. The molecular formula is C6H12N4+. The highest BCUT2D eigenvalue weighted by molar-refractivity contribution is 4.83. The normalized spacial score (nSPS) is 33.3. The van der Waals surface area contributed by atoms with Crippen LogP contribution in [0.15, 0.2) is 0 Å². The van der Waals surface area contributed by atoms with E-state index in [-0.39, 0.29) is 0 Å². The summed E-state index contributed by atoms with van der Waals surface area (Å²) in [6.07, 6.45) is 0. The average molecular weight is 140 g/mol. The largest absolute Gasteiger partial charge is 0.111 e. The average Bonchev–Trinajstić information content (AvgIpc) is 2.78. The van der Waals surface area contributed by atoms with Crippen molar-refractivity contribution in [2.75, 3.05) is 39.3 Å². The van der Waals surface area contributed by atoms with Gasteiger partial charge in [0.1, 0.15) is 5.23 Å². The third kappa shape index (κ3) is 0.845. The van der Waals surface area contributed by atoms with Crippen LogP contribution >= 0.6 is 0 Å². The van der Waals surface area contributed by atoms with Crippen molar-refractivity contribution in [2.45, 2.75) is 0 Å². The van der Waals surface area contributed by atoms with Gasteiger partial charge in [-0.2, -0.15) is 0 Å². The van der Waals surface area contributed by atoms with Crippen molar-refractivity contribution >= 4 is 0 Å². The molecule has 3 fully saturated rings. The zero-order chi connectivity index (χ0) is 6.55. The van der Waals surface area contributed by atoms with Gasteiger partial charge in [0.15, 0.2) is 0 Å². The van der Waals surface area contributed by atoms with Crippen molar-refractivity contribution in [1.29, 1.82) is 0 Å². The van der Waals surface area contributed by atoms with Crippen LogP contribution in [0.4, 0.5) is 0 Å². The summed E-state index contributed by atoms with van der Waals surface area (Å²) in [5.74, 6) is 0. The topological polar surface area (TPSA) is 14.9 Å². The summed E-state index contributed by atoms with van der Waals surface area (Å²) in [5.41, 5.74) is 0. The first-order chi connectivity index (χ1) is 4.95. The second-order valence-electron chi connectivity index (χ2n) is 3.13. The van der Waals surface area contributed by atoms with Crippen molar-refractivity contribution in [2.24, 2.45) is 0 Å². The van der Waals surface area contributed by atoms with Crippen molar-refractivity contribution < 1.29 is 0 Å². The zero-order valence-electron chi connectivity index (χ0n) is 6.03. The minimum absolute atomic E-state index is 1.26. The number of hydrogen-bond donors (Lipinski definition) is 0. The molecular weight excluding hydrogens is 128 g/mol. The molecule has 0 aliphatic carbocycles. The standard InChI is InChI=1S/C6H12N4/c1-2-7(1)10(8-3-4-8)9-5-6-9/h1-6H2/q+1. The number of hydrogen-bond acceptors (Lipinski definition) is 4. The minimum Gasteiger partial charge on any atom is -0.0582 e. The van der Waals surface area contributed by atoms with E-state index in [1.165, 1.54) is 39.3 Å². The van der Waals surface area contributed by atoms with Crippen LogP contribution in [0.1, 0.15) is 0 Å². The Labute approximate surface area is 60.5 Å². The Morgan fingerprint density at radius 3 is 1.10 bits per heavy atom. The van der Waals surface area contributed by atoms with Crippen molar-refractivity contribution in [3.63, 3.8) is 0 Å². The van der Waals surface area contributed by atoms with Crippen molar-refractivity contribution in [1.82, 2.24) is 20.3 Å². The Bertz CT molecular complexity index is 119. The first-order valence-electron chi connectivity index (χ1n) is 4.00. The lowest BCUT2D eigenvalue weighted by Gasteiger charge is -2.07. The van der Waals surface area contributed by atoms with Gasteiger partial charge in [-0.25, -0.2) is 0 Å². The SMILES string of the molecule is C1CN1[N+](N1CC1)N1CC1. The molecule has 3 aliphatic heterocycles. The van der Waals surface area contributed by atoms with E-state index in [1.54, 1.807) is 0 Å². The fourth-order valence-corrected chi connectivity index (χ4v) is 1.21. The molecule has 0 saturated carbocycles. The molecule has 4 heteroatoms. The van der Waals surface area contributed by atoms with Gasteiger partial charge in [0.25, 0.3) is 0 Å². The van der Waals surface area contributed by atoms with Gasteiger partial charge in [-0.3, -0.25) is 0 Å². The van der Waals surface area contributed by atoms with Crippen LogP contribution in [0, 0.1) is 0 Å². The summed E-state index contributed by atoms with van der Waals surface area (Å²) in [7, 11) is 0. The van der Waals surface area contributed by atoms with E-state index in [2.05, 4.69) is 20.3 Å². The monoisotopic (exact) mass is 140 g/mol. The molecule has 10 heavy (non-hydrogen) atoms. The molecule has 3 heterocycles. The van der Waals surface area contributed by atoms with E-state index in [4.69, 9.17) is 0 Å².